The number of hydrogen-bond acceptors (Lipinski definition) is 2. The molecule has 0 aliphatic heterocycles. The first-order chi connectivity index (χ1) is 10.9. The van der Waals surface area contributed by atoms with Crippen molar-refractivity contribution in [2.45, 2.75) is 38.0 Å². The van der Waals surface area contributed by atoms with Crippen molar-refractivity contribution in [3.8, 4) is 0 Å². The fourth-order valence-corrected chi connectivity index (χ4v) is 3.67. The van der Waals surface area contributed by atoms with Crippen LogP contribution in [-0.4, -0.2) is 8.42 Å². The van der Waals surface area contributed by atoms with E-state index in [2.05, 4.69) is 32.0 Å². The van der Waals surface area contributed by atoms with Crippen molar-refractivity contribution in [3.05, 3.63) is 64.7 Å². The van der Waals surface area contributed by atoms with E-state index in [0.29, 0.717) is 0 Å². The highest BCUT2D eigenvalue weighted by Gasteiger charge is 2.18. The largest absolute Gasteiger partial charge is 0.238 e. The molecule has 2 N–H and O–H groups in total. The highest BCUT2D eigenvalue weighted by atomic mass is 32.2. The van der Waals surface area contributed by atoms with Crippen LogP contribution >= 0.6 is 0 Å². The molecule has 0 atom stereocenters. The Balaban J connectivity index is 2.04. The maximum absolute atomic E-state index is 11.4. The Morgan fingerprint density at radius 2 is 1.39 bits per heavy atom. The zero-order valence-corrected chi connectivity index (χ0v) is 14.3. The third-order valence-corrected chi connectivity index (χ3v) is 5.53. The summed E-state index contributed by atoms with van der Waals surface area (Å²) < 4.78 is 22.8. The minimum Gasteiger partial charge on any atom is -0.225 e. The van der Waals surface area contributed by atoms with Crippen LogP contribution in [0.25, 0.3) is 11.1 Å². The van der Waals surface area contributed by atoms with Gasteiger partial charge in [-0.25, -0.2) is 13.6 Å². The summed E-state index contributed by atoms with van der Waals surface area (Å²) in [4.78, 5) is 0.160. The number of rotatable bonds is 3. The molecular weight excluding hydrogens is 306 g/mol. The van der Waals surface area contributed by atoms with Crippen molar-refractivity contribution < 1.29 is 8.42 Å². The molecule has 23 heavy (non-hydrogen) atoms. The van der Waals surface area contributed by atoms with Crippen molar-refractivity contribution >= 4 is 21.2 Å². The van der Waals surface area contributed by atoms with Crippen LogP contribution in [0.4, 0.5) is 0 Å². The number of nitrogens with two attached hydrogens (primary N) is 1. The molecule has 2 aromatic carbocycles. The van der Waals surface area contributed by atoms with Crippen molar-refractivity contribution in [2.24, 2.45) is 5.14 Å². The summed E-state index contributed by atoms with van der Waals surface area (Å²) in [6, 6.07) is 13.5. The summed E-state index contributed by atoms with van der Waals surface area (Å²) in [5, 5.41) is 5.17. The molecule has 120 valence electrons. The average Bonchev–Trinajstić information content (AvgIpc) is 2.99. The Morgan fingerprint density at radius 3 is 1.96 bits per heavy atom. The van der Waals surface area contributed by atoms with Crippen LogP contribution < -0.4 is 5.14 Å². The van der Waals surface area contributed by atoms with Gasteiger partial charge in [0.15, 0.2) is 0 Å². The van der Waals surface area contributed by atoms with E-state index in [1.54, 1.807) is 12.1 Å². The van der Waals surface area contributed by atoms with E-state index >= 15 is 0 Å². The van der Waals surface area contributed by atoms with Gasteiger partial charge in [-0.2, -0.15) is 0 Å². The summed E-state index contributed by atoms with van der Waals surface area (Å²) >= 11 is 0. The van der Waals surface area contributed by atoms with Gasteiger partial charge in [0.2, 0.25) is 10.0 Å². The SMILES string of the molecule is Cc1ccc(C2=C(c3ccc(S(N)(=O)=O)cc3)CCC2)cc1C. The predicted octanol–water partition coefficient (Wildman–Crippen LogP) is 4.05. The molecule has 0 amide bonds. The molecule has 0 saturated carbocycles. The molecule has 0 bridgehead atoms. The Hall–Kier alpha value is -1.91. The lowest BCUT2D eigenvalue weighted by Gasteiger charge is -2.11. The molecule has 0 radical (unpaired) electrons. The van der Waals surface area contributed by atoms with E-state index in [1.807, 2.05) is 12.1 Å². The topological polar surface area (TPSA) is 60.2 Å². The van der Waals surface area contributed by atoms with Crippen molar-refractivity contribution in [2.75, 3.05) is 0 Å². The van der Waals surface area contributed by atoms with Gasteiger partial charge in [-0.3, -0.25) is 0 Å². The lowest BCUT2D eigenvalue weighted by atomic mass is 9.95. The van der Waals surface area contributed by atoms with Gasteiger partial charge in [0.25, 0.3) is 0 Å². The van der Waals surface area contributed by atoms with Crippen LogP contribution in [0.15, 0.2) is 47.4 Å². The monoisotopic (exact) mass is 327 g/mol. The summed E-state index contributed by atoms with van der Waals surface area (Å²) in [6.07, 6.45) is 3.22. The van der Waals surface area contributed by atoms with Crippen molar-refractivity contribution in [3.63, 3.8) is 0 Å². The smallest absolute Gasteiger partial charge is 0.225 e. The summed E-state index contributed by atoms with van der Waals surface area (Å²) in [6.45, 7) is 4.25. The first-order valence-corrected chi connectivity index (χ1v) is 9.34. The van der Waals surface area contributed by atoms with Gasteiger partial charge < -0.3 is 0 Å². The molecule has 0 fully saturated rings. The summed E-state index contributed by atoms with van der Waals surface area (Å²) in [7, 11) is -3.64. The quantitative estimate of drug-likeness (QED) is 0.924. The second-order valence-electron chi connectivity index (χ2n) is 6.18. The third kappa shape index (κ3) is 3.23. The molecule has 1 aliphatic carbocycles. The number of sulfonamides is 1. The van der Waals surface area contributed by atoms with E-state index in [0.717, 1.165) is 24.8 Å². The Labute approximate surface area is 137 Å². The number of aryl methyl sites for hydroxylation is 2. The maximum atomic E-state index is 11.4. The Bertz CT molecular complexity index is 878. The third-order valence-electron chi connectivity index (χ3n) is 4.60. The van der Waals surface area contributed by atoms with E-state index in [1.165, 1.54) is 27.8 Å². The number of primary sulfonamides is 1. The fourth-order valence-electron chi connectivity index (χ4n) is 3.16. The van der Waals surface area contributed by atoms with Gasteiger partial charge in [0.1, 0.15) is 0 Å². The molecule has 0 heterocycles. The molecular formula is C19H21NO2S. The standard InChI is InChI=1S/C19H21NO2S/c1-13-6-7-16(12-14(13)2)19-5-3-4-18(19)15-8-10-17(11-9-15)23(20,21)22/h6-12H,3-5H2,1-2H3,(H2,20,21,22). The second kappa shape index (κ2) is 5.95. The van der Waals surface area contributed by atoms with Crippen LogP contribution in [0.3, 0.4) is 0 Å². The van der Waals surface area contributed by atoms with E-state index < -0.39 is 10.0 Å². The zero-order chi connectivity index (χ0) is 16.6. The summed E-state index contributed by atoms with van der Waals surface area (Å²) in [5.41, 5.74) is 7.64. The van der Waals surface area contributed by atoms with Crippen LogP contribution in [0.1, 0.15) is 41.5 Å². The van der Waals surface area contributed by atoms with E-state index in [-0.39, 0.29) is 4.90 Å². The first-order valence-electron chi connectivity index (χ1n) is 7.79. The van der Waals surface area contributed by atoms with Gasteiger partial charge in [-0.15, -0.1) is 0 Å². The lowest BCUT2D eigenvalue weighted by molar-refractivity contribution is 0.598. The van der Waals surface area contributed by atoms with Crippen LogP contribution in [0.5, 0.6) is 0 Å². The zero-order valence-electron chi connectivity index (χ0n) is 13.5. The van der Waals surface area contributed by atoms with Gasteiger partial charge in [-0.05, 0) is 78.6 Å². The fraction of sp³-hybridized carbons (Fsp3) is 0.263. The van der Waals surface area contributed by atoms with Gasteiger partial charge in [-0.1, -0.05) is 30.3 Å². The molecule has 1 aliphatic rings. The highest BCUT2D eigenvalue weighted by Crippen LogP contribution is 2.40. The van der Waals surface area contributed by atoms with Crippen molar-refractivity contribution in [1.82, 2.24) is 0 Å². The van der Waals surface area contributed by atoms with Gasteiger partial charge in [0, 0.05) is 0 Å². The normalized spacial score (nSPS) is 15.3. The van der Waals surface area contributed by atoms with Crippen molar-refractivity contribution in [1.29, 1.82) is 0 Å². The van der Waals surface area contributed by atoms with Crippen LogP contribution in [-0.2, 0) is 10.0 Å². The summed E-state index contributed by atoms with van der Waals surface area (Å²) in [5.74, 6) is 0. The molecule has 0 aromatic heterocycles. The van der Waals surface area contributed by atoms with Crippen LogP contribution in [0.2, 0.25) is 0 Å². The Morgan fingerprint density at radius 1 is 0.826 bits per heavy atom. The molecule has 0 saturated heterocycles. The minimum absolute atomic E-state index is 0.160. The average molecular weight is 327 g/mol. The van der Waals surface area contributed by atoms with Gasteiger partial charge in [0.05, 0.1) is 4.90 Å². The van der Waals surface area contributed by atoms with Gasteiger partial charge >= 0.3 is 0 Å². The predicted molar refractivity (Wildman–Crippen MR) is 94.4 cm³/mol. The first kappa shape index (κ1) is 16.0. The van der Waals surface area contributed by atoms with E-state index in [4.69, 9.17) is 5.14 Å². The highest BCUT2D eigenvalue weighted by molar-refractivity contribution is 7.89. The number of benzene rings is 2. The van der Waals surface area contributed by atoms with E-state index in [9.17, 15) is 8.42 Å². The Kier molecular flexibility index (Phi) is 4.13. The van der Waals surface area contributed by atoms with Crippen LogP contribution in [0, 0.1) is 13.8 Å². The second-order valence-corrected chi connectivity index (χ2v) is 7.74. The molecule has 3 nitrogen and oxygen atoms in total. The molecule has 0 unspecified atom stereocenters. The molecule has 4 heteroatoms. The number of allylic oxidation sites excluding steroid dienone is 2. The maximum Gasteiger partial charge on any atom is 0.238 e. The molecule has 3 rings (SSSR count). The minimum atomic E-state index is -3.64. The molecule has 0 spiro atoms. The molecule has 2 aromatic rings. The number of hydrogen-bond donors (Lipinski definition) is 1. The lowest BCUT2D eigenvalue weighted by Crippen LogP contribution is -2.11.